The molecule has 1 aliphatic rings. The first-order valence-electron chi connectivity index (χ1n) is 5.51. The van der Waals surface area contributed by atoms with Gasteiger partial charge in [-0.3, -0.25) is 4.79 Å². The molecule has 0 heterocycles. The van der Waals surface area contributed by atoms with E-state index in [1.807, 2.05) is 0 Å². The maximum absolute atomic E-state index is 13.4. The molecule has 0 aromatic carbocycles. The summed E-state index contributed by atoms with van der Waals surface area (Å²) in [4.78, 5) is 10.9. The van der Waals surface area contributed by atoms with Gasteiger partial charge in [-0.15, -0.1) is 0 Å². The first-order valence-corrected chi connectivity index (χ1v) is 5.51. The lowest BCUT2D eigenvalue weighted by Crippen LogP contribution is -2.18. The van der Waals surface area contributed by atoms with E-state index in [1.165, 1.54) is 6.92 Å². The van der Waals surface area contributed by atoms with Crippen LogP contribution in [0.3, 0.4) is 0 Å². The smallest absolute Gasteiger partial charge is 0.307 e. The van der Waals surface area contributed by atoms with E-state index in [2.05, 4.69) is 6.58 Å². The Morgan fingerprint density at radius 2 is 2.18 bits per heavy atom. The van der Waals surface area contributed by atoms with Crippen LogP contribution in [0.15, 0.2) is 36.0 Å². The van der Waals surface area contributed by atoms with E-state index >= 15 is 0 Å². The van der Waals surface area contributed by atoms with Gasteiger partial charge < -0.3 is 5.11 Å². The van der Waals surface area contributed by atoms with Crippen LogP contribution in [0.25, 0.3) is 0 Å². The van der Waals surface area contributed by atoms with Crippen molar-refractivity contribution in [3.05, 3.63) is 36.0 Å². The topological polar surface area (TPSA) is 37.3 Å². The Bertz CT molecular complexity index is 383. The fourth-order valence-corrected chi connectivity index (χ4v) is 2.12. The Morgan fingerprint density at radius 3 is 2.71 bits per heavy atom. The third-order valence-electron chi connectivity index (χ3n) is 2.97. The molecule has 4 heteroatoms. The van der Waals surface area contributed by atoms with Crippen molar-refractivity contribution in [3.8, 4) is 0 Å². The zero-order valence-electron chi connectivity index (χ0n) is 9.75. The van der Waals surface area contributed by atoms with Gasteiger partial charge in [-0.2, -0.15) is 0 Å². The van der Waals surface area contributed by atoms with E-state index in [-0.39, 0.29) is 12.3 Å². The van der Waals surface area contributed by atoms with Crippen molar-refractivity contribution < 1.29 is 18.7 Å². The lowest BCUT2D eigenvalue weighted by Gasteiger charge is -2.13. The SMILES string of the molecule is C=C1C[C@@H](C/C(F)=C\C(F)=C/C)[C@H](C(=O)O)C1. The minimum Gasteiger partial charge on any atom is -0.481 e. The highest BCUT2D eigenvalue weighted by molar-refractivity contribution is 5.71. The van der Waals surface area contributed by atoms with Crippen molar-refractivity contribution in [2.45, 2.75) is 26.2 Å². The predicted octanol–water partition coefficient (Wildman–Crippen LogP) is 3.77. The third kappa shape index (κ3) is 3.80. The van der Waals surface area contributed by atoms with Gasteiger partial charge in [0, 0.05) is 12.5 Å². The highest BCUT2D eigenvalue weighted by Gasteiger charge is 2.35. The molecule has 1 N–H and O–H groups in total. The molecule has 0 amide bonds. The Morgan fingerprint density at radius 1 is 1.53 bits per heavy atom. The van der Waals surface area contributed by atoms with Crippen LogP contribution in [0.4, 0.5) is 8.78 Å². The molecular weight excluding hydrogens is 226 g/mol. The van der Waals surface area contributed by atoms with Gasteiger partial charge in [0.25, 0.3) is 0 Å². The quantitative estimate of drug-likeness (QED) is 0.602. The minimum absolute atomic E-state index is 0.0444. The fraction of sp³-hybridized carbons (Fsp3) is 0.462. The maximum atomic E-state index is 13.4. The van der Waals surface area contributed by atoms with Crippen molar-refractivity contribution in [3.63, 3.8) is 0 Å². The van der Waals surface area contributed by atoms with E-state index in [1.54, 1.807) is 0 Å². The van der Waals surface area contributed by atoms with Gasteiger partial charge in [0.15, 0.2) is 0 Å². The van der Waals surface area contributed by atoms with Crippen molar-refractivity contribution in [1.29, 1.82) is 0 Å². The lowest BCUT2D eigenvalue weighted by molar-refractivity contribution is -0.142. The molecule has 1 fully saturated rings. The average Bonchev–Trinajstić information content (AvgIpc) is 2.59. The zero-order chi connectivity index (χ0) is 13.0. The van der Waals surface area contributed by atoms with Gasteiger partial charge in [-0.05, 0) is 25.7 Å². The number of allylic oxidation sites excluding steroid dienone is 5. The van der Waals surface area contributed by atoms with Gasteiger partial charge in [0.05, 0.1) is 5.92 Å². The second-order valence-electron chi connectivity index (χ2n) is 4.33. The average molecular weight is 242 g/mol. The Balaban J connectivity index is 2.70. The fourth-order valence-electron chi connectivity index (χ4n) is 2.12. The summed E-state index contributed by atoms with van der Waals surface area (Å²) in [5.74, 6) is -3.12. The van der Waals surface area contributed by atoms with Crippen molar-refractivity contribution >= 4 is 5.97 Å². The standard InChI is InChI=1S/C13H16F2O2/c1-3-10(14)7-11(15)6-9-4-8(2)5-12(9)13(16)17/h3,7,9,12H,2,4-6H2,1H3,(H,16,17)/b10-3+,11-7+/t9-,12+/m0/s1. The highest BCUT2D eigenvalue weighted by atomic mass is 19.1. The Labute approximate surface area is 99.3 Å². The number of rotatable bonds is 4. The summed E-state index contributed by atoms with van der Waals surface area (Å²) in [6, 6.07) is 0. The molecule has 94 valence electrons. The summed E-state index contributed by atoms with van der Waals surface area (Å²) in [7, 11) is 0. The highest BCUT2D eigenvalue weighted by Crippen LogP contribution is 2.39. The van der Waals surface area contributed by atoms with E-state index in [9.17, 15) is 13.6 Å². The van der Waals surface area contributed by atoms with Gasteiger partial charge in [-0.25, -0.2) is 8.78 Å². The van der Waals surface area contributed by atoms with E-state index < -0.39 is 23.5 Å². The minimum atomic E-state index is -0.937. The van der Waals surface area contributed by atoms with Crippen molar-refractivity contribution in [1.82, 2.24) is 0 Å². The molecule has 0 bridgehead atoms. The molecule has 0 saturated heterocycles. The zero-order valence-corrected chi connectivity index (χ0v) is 9.75. The van der Waals surface area contributed by atoms with Crippen LogP contribution in [-0.2, 0) is 4.79 Å². The number of carbonyl (C=O) groups is 1. The van der Waals surface area contributed by atoms with Crippen LogP contribution in [0.2, 0.25) is 0 Å². The molecule has 1 saturated carbocycles. The molecule has 0 aromatic rings. The van der Waals surface area contributed by atoms with Crippen LogP contribution in [0, 0.1) is 11.8 Å². The molecule has 0 aliphatic heterocycles. The summed E-state index contributed by atoms with van der Waals surface area (Å²) >= 11 is 0. The van der Waals surface area contributed by atoms with E-state index in [0.29, 0.717) is 12.8 Å². The molecule has 1 aliphatic carbocycles. The molecule has 0 spiro atoms. The van der Waals surface area contributed by atoms with E-state index in [4.69, 9.17) is 5.11 Å². The normalized spacial score (nSPS) is 26.4. The number of aliphatic carboxylic acids is 1. The number of hydrogen-bond acceptors (Lipinski definition) is 1. The second kappa shape index (κ2) is 5.75. The number of carboxylic acid groups (broad SMARTS) is 1. The Hall–Kier alpha value is -1.45. The van der Waals surface area contributed by atoms with Gasteiger partial charge >= 0.3 is 5.97 Å². The molecular formula is C13H16F2O2. The summed E-state index contributed by atoms with van der Waals surface area (Å²) < 4.78 is 26.2. The summed E-state index contributed by atoms with van der Waals surface area (Å²) in [6.07, 6.45) is 2.80. The molecule has 0 aromatic heterocycles. The van der Waals surface area contributed by atoms with Crippen molar-refractivity contribution in [2.24, 2.45) is 11.8 Å². The van der Waals surface area contributed by atoms with Gasteiger partial charge in [0.1, 0.15) is 11.7 Å². The molecule has 17 heavy (non-hydrogen) atoms. The summed E-state index contributed by atoms with van der Waals surface area (Å²) in [5, 5.41) is 8.97. The monoisotopic (exact) mass is 242 g/mol. The first-order chi connectivity index (χ1) is 7.93. The molecule has 1 rings (SSSR count). The maximum Gasteiger partial charge on any atom is 0.307 e. The molecule has 2 nitrogen and oxygen atoms in total. The van der Waals surface area contributed by atoms with Crippen LogP contribution in [0.1, 0.15) is 26.2 Å². The van der Waals surface area contributed by atoms with Crippen molar-refractivity contribution in [2.75, 3.05) is 0 Å². The molecule has 0 radical (unpaired) electrons. The predicted molar refractivity (Wildman–Crippen MR) is 61.7 cm³/mol. The number of carboxylic acids is 1. The Kier molecular flexibility index (Phi) is 4.61. The first kappa shape index (κ1) is 13.6. The molecule has 0 unspecified atom stereocenters. The number of hydrogen-bond donors (Lipinski definition) is 1. The third-order valence-corrected chi connectivity index (χ3v) is 2.97. The lowest BCUT2D eigenvalue weighted by atomic mass is 9.92. The van der Waals surface area contributed by atoms with E-state index in [0.717, 1.165) is 17.7 Å². The summed E-state index contributed by atoms with van der Waals surface area (Å²) in [6.45, 7) is 5.20. The largest absolute Gasteiger partial charge is 0.481 e. The van der Waals surface area contributed by atoms with Crippen LogP contribution < -0.4 is 0 Å². The van der Waals surface area contributed by atoms with Crippen LogP contribution in [0.5, 0.6) is 0 Å². The molecule has 2 atom stereocenters. The van der Waals surface area contributed by atoms with Gasteiger partial charge in [0.2, 0.25) is 0 Å². The van der Waals surface area contributed by atoms with Gasteiger partial charge in [-0.1, -0.05) is 18.2 Å². The second-order valence-corrected chi connectivity index (χ2v) is 4.33. The van der Waals surface area contributed by atoms with Crippen LogP contribution in [-0.4, -0.2) is 11.1 Å². The summed E-state index contributed by atoms with van der Waals surface area (Å²) in [5.41, 5.74) is 0.821. The number of halogens is 2. The van der Waals surface area contributed by atoms with Crippen LogP contribution >= 0.6 is 0 Å².